The highest BCUT2D eigenvalue weighted by Gasteiger charge is 2.36. The van der Waals surface area contributed by atoms with Gasteiger partial charge in [-0.15, -0.1) is 0 Å². The lowest BCUT2D eigenvalue weighted by Crippen LogP contribution is -2.42. The zero-order valence-electron chi connectivity index (χ0n) is 15.2. The molecule has 0 atom stereocenters. The molecule has 0 bridgehead atoms. The molecule has 0 spiro atoms. The molecule has 1 N–H and O–H groups in total. The van der Waals surface area contributed by atoms with Crippen molar-refractivity contribution < 1.29 is 13.3 Å². The van der Waals surface area contributed by atoms with E-state index in [1.807, 2.05) is 6.20 Å². The number of rotatable bonds is 15. The number of hydrogen-bond donors (Lipinski definition) is 1. The monoisotopic (exact) mass is 341 g/mol. The van der Waals surface area contributed by atoms with E-state index in [0.717, 1.165) is 12.5 Å². The van der Waals surface area contributed by atoms with Crippen LogP contribution >= 0.6 is 0 Å². The van der Waals surface area contributed by atoms with Crippen LogP contribution in [0.3, 0.4) is 0 Å². The van der Waals surface area contributed by atoms with Gasteiger partial charge in [0.25, 0.3) is 0 Å². The lowest BCUT2D eigenvalue weighted by Gasteiger charge is -2.24. The van der Waals surface area contributed by atoms with E-state index in [4.69, 9.17) is 13.3 Å². The quantitative estimate of drug-likeness (QED) is 0.363. The van der Waals surface area contributed by atoms with E-state index in [0.29, 0.717) is 0 Å². The number of aromatic nitrogens is 1. The maximum atomic E-state index is 5.44. The van der Waals surface area contributed by atoms with Crippen LogP contribution in [-0.4, -0.2) is 35.1 Å². The smallest absolute Gasteiger partial charge is 0.377 e. The van der Waals surface area contributed by atoms with Crippen molar-refractivity contribution in [1.82, 2.24) is 4.98 Å². The van der Waals surface area contributed by atoms with Gasteiger partial charge in [-0.05, 0) is 30.9 Å². The Morgan fingerprint density at radius 1 is 0.783 bits per heavy atom. The molecule has 134 valence electrons. The summed E-state index contributed by atoms with van der Waals surface area (Å²) in [5.41, 5.74) is 1.44. The summed E-state index contributed by atoms with van der Waals surface area (Å²) in [5.74, 6) is 0. The third-order valence-corrected chi connectivity index (χ3v) is 7.38. The van der Waals surface area contributed by atoms with E-state index in [-0.39, 0.29) is 0 Å². The molecule has 1 aromatic heterocycles. The second-order valence-electron chi connectivity index (χ2n) is 6.20. The molecule has 1 heterocycles. The van der Waals surface area contributed by atoms with E-state index in [2.05, 4.69) is 17.2 Å². The van der Waals surface area contributed by atoms with Crippen molar-refractivity contribution in [2.45, 2.75) is 70.3 Å². The number of H-pyrrole nitrogens is 1. The SMILES string of the molecule is CO[Si](CCCCCCCCCCCc1cc[nH]c1)(OC)OC. The summed E-state index contributed by atoms with van der Waals surface area (Å²) in [5, 5.41) is 0. The lowest BCUT2D eigenvalue weighted by atomic mass is 10.1. The predicted molar refractivity (Wildman–Crippen MR) is 97.6 cm³/mol. The molecule has 0 saturated carbocycles. The minimum absolute atomic E-state index is 0.926. The van der Waals surface area contributed by atoms with Crippen molar-refractivity contribution in [3.63, 3.8) is 0 Å². The normalized spacial score (nSPS) is 12.0. The molecule has 0 aliphatic heterocycles. The highest BCUT2D eigenvalue weighted by Crippen LogP contribution is 2.18. The Morgan fingerprint density at radius 3 is 1.78 bits per heavy atom. The van der Waals surface area contributed by atoms with E-state index in [1.54, 1.807) is 21.3 Å². The summed E-state index contributed by atoms with van der Waals surface area (Å²) in [6, 6.07) is 3.10. The van der Waals surface area contributed by atoms with Crippen molar-refractivity contribution in [2.75, 3.05) is 21.3 Å². The number of nitrogens with one attached hydrogen (secondary N) is 1. The van der Waals surface area contributed by atoms with Gasteiger partial charge in [-0.1, -0.05) is 44.9 Å². The van der Waals surface area contributed by atoms with Gasteiger partial charge in [0, 0.05) is 39.8 Å². The summed E-state index contributed by atoms with van der Waals surface area (Å²) >= 11 is 0. The van der Waals surface area contributed by atoms with Crippen LogP contribution in [0.2, 0.25) is 6.04 Å². The number of aromatic amines is 1. The Labute approximate surface area is 143 Å². The first kappa shape index (κ1) is 20.4. The third kappa shape index (κ3) is 8.70. The number of aryl methyl sites for hydroxylation is 1. The van der Waals surface area contributed by atoms with Gasteiger partial charge in [0.05, 0.1) is 0 Å². The molecule has 1 rings (SSSR count). The number of unbranched alkanes of at least 4 members (excludes halogenated alkanes) is 8. The van der Waals surface area contributed by atoms with Crippen molar-refractivity contribution in [2.24, 2.45) is 0 Å². The van der Waals surface area contributed by atoms with Crippen molar-refractivity contribution in [3.8, 4) is 0 Å². The Balaban J connectivity index is 1.86. The molecular formula is C18H35NO3Si. The van der Waals surface area contributed by atoms with Crippen molar-refractivity contribution in [1.29, 1.82) is 0 Å². The molecule has 0 fully saturated rings. The second-order valence-corrected chi connectivity index (χ2v) is 9.29. The topological polar surface area (TPSA) is 43.5 Å². The molecule has 0 saturated heterocycles. The Kier molecular flexibility index (Phi) is 11.3. The summed E-state index contributed by atoms with van der Waals surface area (Å²) < 4.78 is 16.3. The van der Waals surface area contributed by atoms with Gasteiger partial charge >= 0.3 is 8.80 Å². The summed E-state index contributed by atoms with van der Waals surface area (Å²) in [6.45, 7) is 0. The predicted octanol–water partition coefficient (Wildman–Crippen LogP) is 4.95. The molecular weight excluding hydrogens is 306 g/mol. The van der Waals surface area contributed by atoms with Gasteiger partial charge in [-0.25, -0.2) is 0 Å². The maximum Gasteiger partial charge on any atom is 0.500 e. The first-order chi connectivity index (χ1) is 11.3. The second kappa shape index (κ2) is 12.8. The van der Waals surface area contributed by atoms with Gasteiger partial charge in [-0.2, -0.15) is 0 Å². The van der Waals surface area contributed by atoms with Crippen LogP contribution in [0.1, 0.15) is 63.4 Å². The summed E-state index contributed by atoms with van der Waals surface area (Å²) in [7, 11) is 2.74. The van der Waals surface area contributed by atoms with Gasteiger partial charge in [0.2, 0.25) is 0 Å². The van der Waals surface area contributed by atoms with Crippen LogP contribution in [0.5, 0.6) is 0 Å². The van der Waals surface area contributed by atoms with Crippen molar-refractivity contribution >= 4 is 8.80 Å². The van der Waals surface area contributed by atoms with Gasteiger partial charge in [0.1, 0.15) is 0 Å². The fraction of sp³-hybridized carbons (Fsp3) is 0.778. The van der Waals surface area contributed by atoms with Crippen LogP contribution in [0, 0.1) is 0 Å². The third-order valence-electron chi connectivity index (χ3n) is 4.54. The van der Waals surface area contributed by atoms with Gasteiger partial charge in [0.15, 0.2) is 0 Å². The largest absolute Gasteiger partial charge is 0.500 e. The lowest BCUT2D eigenvalue weighted by molar-refractivity contribution is 0.122. The highest BCUT2D eigenvalue weighted by atomic mass is 28.4. The molecule has 0 aromatic carbocycles. The van der Waals surface area contributed by atoms with E-state index >= 15 is 0 Å². The summed E-state index contributed by atoms with van der Waals surface area (Å²) in [6.07, 6.45) is 17.2. The Hall–Kier alpha value is -0.623. The van der Waals surface area contributed by atoms with E-state index < -0.39 is 8.80 Å². The molecule has 0 aliphatic carbocycles. The average molecular weight is 342 g/mol. The molecule has 0 radical (unpaired) electrons. The van der Waals surface area contributed by atoms with Crippen molar-refractivity contribution in [3.05, 3.63) is 24.0 Å². The van der Waals surface area contributed by atoms with Gasteiger partial charge < -0.3 is 18.3 Å². The minimum atomic E-state index is -2.33. The fourth-order valence-corrected chi connectivity index (χ4v) is 4.77. The first-order valence-electron chi connectivity index (χ1n) is 9.03. The van der Waals surface area contributed by atoms with Crippen LogP contribution in [0.4, 0.5) is 0 Å². The first-order valence-corrected chi connectivity index (χ1v) is 11.0. The molecule has 0 unspecified atom stereocenters. The van der Waals surface area contributed by atoms with E-state index in [1.165, 1.54) is 63.4 Å². The molecule has 0 amide bonds. The van der Waals surface area contributed by atoms with Crippen LogP contribution in [-0.2, 0) is 19.7 Å². The van der Waals surface area contributed by atoms with Crippen LogP contribution < -0.4 is 0 Å². The standard InChI is InChI=1S/C18H35NO3Si/c1-20-23(21-2,22-3)16-12-10-8-6-4-5-7-9-11-13-18-14-15-19-17-18/h14-15,17,19H,4-13,16H2,1-3H3. The number of hydrogen-bond acceptors (Lipinski definition) is 3. The van der Waals surface area contributed by atoms with Gasteiger partial charge in [-0.3, -0.25) is 0 Å². The fourth-order valence-electron chi connectivity index (χ4n) is 2.98. The zero-order valence-corrected chi connectivity index (χ0v) is 16.2. The van der Waals surface area contributed by atoms with Crippen LogP contribution in [0.25, 0.3) is 0 Å². The highest BCUT2D eigenvalue weighted by molar-refractivity contribution is 6.60. The molecule has 1 aromatic rings. The summed E-state index contributed by atoms with van der Waals surface area (Å²) in [4.78, 5) is 3.11. The van der Waals surface area contributed by atoms with E-state index in [9.17, 15) is 0 Å². The Morgan fingerprint density at radius 2 is 1.30 bits per heavy atom. The zero-order chi connectivity index (χ0) is 16.8. The van der Waals surface area contributed by atoms with Crippen LogP contribution in [0.15, 0.2) is 18.5 Å². The minimum Gasteiger partial charge on any atom is -0.377 e. The molecule has 23 heavy (non-hydrogen) atoms. The molecule has 4 nitrogen and oxygen atoms in total. The average Bonchev–Trinajstić information content (AvgIpc) is 3.10. The molecule has 5 heteroatoms. The maximum absolute atomic E-state index is 5.44. The molecule has 0 aliphatic rings. The Bertz CT molecular complexity index is 358.